The van der Waals surface area contributed by atoms with Crippen LogP contribution in [0.15, 0.2) is 18.2 Å². The Hall–Kier alpha value is -1.53. The summed E-state index contributed by atoms with van der Waals surface area (Å²) in [5.74, 6) is -2.13. The number of benzene rings is 1. The first-order valence-electron chi connectivity index (χ1n) is 6.02. The van der Waals surface area contributed by atoms with E-state index < -0.39 is 23.6 Å². The summed E-state index contributed by atoms with van der Waals surface area (Å²) in [5, 5.41) is 9.08. The number of amides is 1. The van der Waals surface area contributed by atoms with Crippen LogP contribution in [-0.4, -0.2) is 47.8 Å². The standard InChI is InChI=1S/C13H15F2NO3/c1-8-5-16(6-10(7-17)19-8)13(18)11-3-2-9(14)4-12(11)15/h2-4,8,10,17H,5-7H2,1H3. The van der Waals surface area contributed by atoms with Gasteiger partial charge in [-0.3, -0.25) is 4.79 Å². The summed E-state index contributed by atoms with van der Waals surface area (Å²) in [6, 6.07) is 2.85. The lowest BCUT2D eigenvalue weighted by molar-refractivity contribution is -0.0859. The van der Waals surface area contributed by atoms with E-state index in [1.165, 1.54) is 4.90 Å². The summed E-state index contributed by atoms with van der Waals surface area (Å²) >= 11 is 0. The van der Waals surface area contributed by atoms with Gasteiger partial charge in [0, 0.05) is 19.2 Å². The maximum absolute atomic E-state index is 13.6. The summed E-state index contributed by atoms with van der Waals surface area (Å²) < 4.78 is 31.8. The largest absolute Gasteiger partial charge is 0.394 e. The molecule has 2 atom stereocenters. The molecule has 0 bridgehead atoms. The Balaban J connectivity index is 2.18. The first-order chi connectivity index (χ1) is 9.01. The number of ether oxygens (including phenoxy) is 1. The number of halogens is 2. The van der Waals surface area contributed by atoms with Gasteiger partial charge in [0.25, 0.3) is 5.91 Å². The molecule has 1 fully saturated rings. The van der Waals surface area contributed by atoms with Crippen molar-refractivity contribution in [2.45, 2.75) is 19.1 Å². The summed E-state index contributed by atoms with van der Waals surface area (Å²) in [6.45, 7) is 2.06. The van der Waals surface area contributed by atoms with Gasteiger partial charge in [0.05, 0.1) is 24.4 Å². The van der Waals surface area contributed by atoms with E-state index in [1.807, 2.05) is 0 Å². The molecule has 1 aromatic rings. The Kier molecular flexibility index (Phi) is 4.11. The lowest BCUT2D eigenvalue weighted by Gasteiger charge is -2.36. The second-order valence-corrected chi connectivity index (χ2v) is 4.59. The van der Waals surface area contributed by atoms with Crippen LogP contribution in [-0.2, 0) is 4.74 Å². The summed E-state index contributed by atoms with van der Waals surface area (Å²) in [7, 11) is 0. The molecular formula is C13H15F2NO3. The zero-order chi connectivity index (χ0) is 14.0. The van der Waals surface area contributed by atoms with Crippen molar-refractivity contribution in [3.8, 4) is 0 Å². The third-order valence-electron chi connectivity index (χ3n) is 2.98. The van der Waals surface area contributed by atoms with Crippen molar-refractivity contribution in [1.29, 1.82) is 0 Å². The van der Waals surface area contributed by atoms with Crippen molar-refractivity contribution in [1.82, 2.24) is 4.90 Å². The van der Waals surface area contributed by atoms with Gasteiger partial charge in [0.2, 0.25) is 0 Å². The molecule has 2 unspecified atom stereocenters. The lowest BCUT2D eigenvalue weighted by Crippen LogP contribution is -2.50. The number of rotatable bonds is 2. The van der Waals surface area contributed by atoms with Gasteiger partial charge in [-0.15, -0.1) is 0 Å². The Bertz CT molecular complexity index is 481. The number of nitrogens with zero attached hydrogens (tertiary/aromatic N) is 1. The maximum Gasteiger partial charge on any atom is 0.257 e. The van der Waals surface area contributed by atoms with Crippen LogP contribution in [0, 0.1) is 11.6 Å². The fourth-order valence-corrected chi connectivity index (χ4v) is 2.15. The number of carbonyl (C=O) groups is 1. The molecule has 0 aliphatic carbocycles. The van der Waals surface area contributed by atoms with E-state index in [2.05, 4.69) is 0 Å². The molecule has 1 amide bonds. The van der Waals surface area contributed by atoms with Crippen molar-refractivity contribution in [3.63, 3.8) is 0 Å². The van der Waals surface area contributed by atoms with Crippen LogP contribution < -0.4 is 0 Å². The molecule has 2 rings (SSSR count). The smallest absolute Gasteiger partial charge is 0.257 e. The predicted octanol–water partition coefficient (Wildman–Crippen LogP) is 1.19. The highest BCUT2D eigenvalue weighted by Crippen LogP contribution is 2.17. The van der Waals surface area contributed by atoms with Gasteiger partial charge in [0.15, 0.2) is 0 Å². The lowest BCUT2D eigenvalue weighted by atomic mass is 10.1. The number of morpholine rings is 1. The molecule has 6 heteroatoms. The van der Waals surface area contributed by atoms with Crippen LogP contribution in [0.1, 0.15) is 17.3 Å². The minimum atomic E-state index is -0.885. The molecule has 0 spiro atoms. The van der Waals surface area contributed by atoms with Gasteiger partial charge >= 0.3 is 0 Å². The monoisotopic (exact) mass is 271 g/mol. The van der Waals surface area contributed by atoms with Crippen LogP contribution in [0.5, 0.6) is 0 Å². The normalized spacial score (nSPS) is 23.5. The summed E-state index contributed by atoms with van der Waals surface area (Å²) in [4.78, 5) is 13.6. The van der Waals surface area contributed by atoms with E-state index in [0.717, 1.165) is 12.1 Å². The molecule has 0 aromatic heterocycles. The Labute approximate surface area is 109 Å². The van der Waals surface area contributed by atoms with Gasteiger partial charge in [-0.1, -0.05) is 0 Å². The molecule has 1 aliphatic heterocycles. The number of carbonyl (C=O) groups excluding carboxylic acids is 1. The van der Waals surface area contributed by atoms with E-state index in [9.17, 15) is 13.6 Å². The maximum atomic E-state index is 13.6. The molecule has 1 saturated heterocycles. The van der Waals surface area contributed by atoms with Crippen LogP contribution in [0.4, 0.5) is 8.78 Å². The van der Waals surface area contributed by atoms with Gasteiger partial charge in [-0.05, 0) is 19.1 Å². The molecule has 1 N–H and O–H groups in total. The Morgan fingerprint density at radius 3 is 2.84 bits per heavy atom. The highest BCUT2D eigenvalue weighted by atomic mass is 19.1. The third-order valence-corrected chi connectivity index (χ3v) is 2.98. The highest BCUT2D eigenvalue weighted by molar-refractivity contribution is 5.94. The zero-order valence-electron chi connectivity index (χ0n) is 10.5. The van der Waals surface area contributed by atoms with E-state index in [0.29, 0.717) is 12.6 Å². The SMILES string of the molecule is CC1CN(C(=O)c2ccc(F)cc2F)CC(CO)O1. The number of hydrogen-bond acceptors (Lipinski definition) is 3. The minimum Gasteiger partial charge on any atom is -0.394 e. The van der Waals surface area contributed by atoms with Gasteiger partial charge in [-0.2, -0.15) is 0 Å². The van der Waals surface area contributed by atoms with Crippen LogP contribution in [0.25, 0.3) is 0 Å². The van der Waals surface area contributed by atoms with E-state index >= 15 is 0 Å². The number of aliphatic hydroxyl groups is 1. The molecule has 0 saturated carbocycles. The molecule has 4 nitrogen and oxygen atoms in total. The molecule has 1 aromatic carbocycles. The van der Waals surface area contributed by atoms with Crippen molar-refractivity contribution in [2.75, 3.05) is 19.7 Å². The van der Waals surface area contributed by atoms with E-state index in [1.54, 1.807) is 6.92 Å². The van der Waals surface area contributed by atoms with Crippen molar-refractivity contribution in [3.05, 3.63) is 35.4 Å². The summed E-state index contributed by atoms with van der Waals surface area (Å²) in [6.07, 6.45) is -0.713. The fraction of sp³-hybridized carbons (Fsp3) is 0.462. The van der Waals surface area contributed by atoms with E-state index in [-0.39, 0.29) is 24.8 Å². The van der Waals surface area contributed by atoms with Crippen LogP contribution >= 0.6 is 0 Å². The molecule has 104 valence electrons. The second-order valence-electron chi connectivity index (χ2n) is 4.59. The topological polar surface area (TPSA) is 49.8 Å². The Morgan fingerprint density at radius 1 is 1.47 bits per heavy atom. The fourth-order valence-electron chi connectivity index (χ4n) is 2.15. The molecule has 1 aliphatic rings. The average molecular weight is 271 g/mol. The molecule has 0 radical (unpaired) electrons. The first kappa shape index (κ1) is 13.9. The second kappa shape index (κ2) is 5.63. The van der Waals surface area contributed by atoms with Gasteiger partial charge in [-0.25, -0.2) is 8.78 Å². The zero-order valence-corrected chi connectivity index (χ0v) is 10.5. The molecular weight excluding hydrogens is 256 g/mol. The predicted molar refractivity (Wildman–Crippen MR) is 63.7 cm³/mol. The minimum absolute atomic E-state index is 0.174. The summed E-state index contributed by atoms with van der Waals surface area (Å²) in [5.41, 5.74) is -0.174. The van der Waals surface area contributed by atoms with Gasteiger partial charge < -0.3 is 14.7 Å². The Morgan fingerprint density at radius 2 is 2.21 bits per heavy atom. The first-order valence-corrected chi connectivity index (χ1v) is 6.02. The van der Waals surface area contributed by atoms with Crippen LogP contribution in [0.3, 0.4) is 0 Å². The van der Waals surface area contributed by atoms with Crippen molar-refractivity contribution in [2.24, 2.45) is 0 Å². The molecule has 19 heavy (non-hydrogen) atoms. The highest BCUT2D eigenvalue weighted by Gasteiger charge is 2.29. The molecule has 1 heterocycles. The van der Waals surface area contributed by atoms with Gasteiger partial charge in [0.1, 0.15) is 11.6 Å². The van der Waals surface area contributed by atoms with E-state index in [4.69, 9.17) is 9.84 Å². The third kappa shape index (κ3) is 3.08. The average Bonchev–Trinajstić information content (AvgIpc) is 2.37. The van der Waals surface area contributed by atoms with Crippen molar-refractivity contribution >= 4 is 5.91 Å². The van der Waals surface area contributed by atoms with Crippen LogP contribution in [0.2, 0.25) is 0 Å². The van der Waals surface area contributed by atoms with Crippen molar-refractivity contribution < 1.29 is 23.4 Å². The number of hydrogen-bond donors (Lipinski definition) is 1. The quantitative estimate of drug-likeness (QED) is 0.879. The number of aliphatic hydroxyl groups excluding tert-OH is 1.